The van der Waals surface area contributed by atoms with E-state index in [4.69, 9.17) is 16.7 Å². The number of carbonyl (C=O) groups is 1. The second kappa shape index (κ2) is 6.73. The minimum atomic E-state index is -0.00614. The van der Waals surface area contributed by atoms with Gasteiger partial charge in [-0.2, -0.15) is 0 Å². The molecule has 0 heterocycles. The second-order valence-corrected chi connectivity index (χ2v) is 6.23. The molecule has 1 aromatic carbocycles. The summed E-state index contributed by atoms with van der Waals surface area (Å²) in [5.74, 6) is 0.540. The van der Waals surface area contributed by atoms with E-state index < -0.39 is 0 Å². The van der Waals surface area contributed by atoms with E-state index in [1.165, 1.54) is 0 Å². The Morgan fingerprint density at radius 3 is 2.84 bits per heavy atom. The first-order valence-corrected chi connectivity index (χ1v) is 7.61. The fourth-order valence-electron chi connectivity index (χ4n) is 2.16. The van der Waals surface area contributed by atoms with Gasteiger partial charge in [0, 0.05) is 22.1 Å². The highest BCUT2D eigenvalue weighted by molar-refractivity contribution is 9.10. The number of rotatable bonds is 6. The molecule has 104 valence electrons. The Labute approximate surface area is 126 Å². The maximum absolute atomic E-state index is 12.0. The lowest BCUT2D eigenvalue weighted by Gasteiger charge is -2.17. The van der Waals surface area contributed by atoms with E-state index in [0.29, 0.717) is 23.8 Å². The van der Waals surface area contributed by atoms with Gasteiger partial charge in [0.15, 0.2) is 0 Å². The van der Waals surface area contributed by atoms with E-state index in [0.717, 1.165) is 22.9 Å². The number of aliphatic hydroxyl groups is 1. The van der Waals surface area contributed by atoms with Crippen LogP contribution in [-0.4, -0.2) is 23.7 Å². The number of amides is 1. The molecule has 0 spiro atoms. The van der Waals surface area contributed by atoms with Gasteiger partial charge >= 0.3 is 0 Å². The lowest BCUT2D eigenvalue weighted by Crippen LogP contribution is -2.38. The largest absolute Gasteiger partial charge is 0.396 e. The van der Waals surface area contributed by atoms with E-state index in [2.05, 4.69) is 21.2 Å². The molecule has 1 atom stereocenters. The highest BCUT2D eigenvalue weighted by Crippen LogP contribution is 2.34. The summed E-state index contributed by atoms with van der Waals surface area (Å²) in [5, 5.41) is 12.7. The molecule has 1 aliphatic rings. The Balaban J connectivity index is 1.92. The summed E-state index contributed by atoms with van der Waals surface area (Å²) in [7, 11) is 0. The van der Waals surface area contributed by atoms with Crippen molar-refractivity contribution >= 4 is 33.4 Å². The maximum atomic E-state index is 12.0. The lowest BCUT2D eigenvalue weighted by atomic mass is 10.1. The normalized spacial score (nSPS) is 16.2. The summed E-state index contributed by atoms with van der Waals surface area (Å²) in [5.41, 5.74) is 0.917. The molecule has 0 bridgehead atoms. The standard InChI is InChI=1S/C14H17BrClNO2/c15-12-8-11(16)4-3-10(12)7-14(19)17-13(5-6-18)9-1-2-9/h3-4,8-9,13,18H,1-2,5-7H2,(H,17,19). The van der Waals surface area contributed by atoms with Gasteiger partial charge in [-0.15, -0.1) is 0 Å². The molecular formula is C14H17BrClNO2. The van der Waals surface area contributed by atoms with Crippen molar-refractivity contribution in [2.45, 2.75) is 31.7 Å². The molecule has 1 amide bonds. The minimum absolute atomic E-state index is 0.00614. The van der Waals surface area contributed by atoms with E-state index in [1.54, 1.807) is 12.1 Å². The fourth-order valence-corrected chi connectivity index (χ4v) is 2.98. The molecule has 2 N–H and O–H groups in total. The van der Waals surface area contributed by atoms with Crippen LogP contribution >= 0.6 is 27.5 Å². The van der Waals surface area contributed by atoms with Crippen LogP contribution in [0.5, 0.6) is 0 Å². The molecule has 1 unspecified atom stereocenters. The van der Waals surface area contributed by atoms with Gasteiger partial charge in [-0.3, -0.25) is 4.79 Å². The SMILES string of the molecule is O=C(Cc1ccc(Cl)cc1Br)NC(CCO)C1CC1. The maximum Gasteiger partial charge on any atom is 0.224 e. The van der Waals surface area contributed by atoms with Gasteiger partial charge in [0.25, 0.3) is 0 Å². The third-order valence-corrected chi connectivity index (χ3v) is 4.32. The van der Waals surface area contributed by atoms with Crippen LogP contribution in [0.2, 0.25) is 5.02 Å². The van der Waals surface area contributed by atoms with Crippen LogP contribution in [0.4, 0.5) is 0 Å². The summed E-state index contributed by atoms with van der Waals surface area (Å²) in [4.78, 5) is 12.0. The van der Waals surface area contributed by atoms with Gasteiger partial charge in [0.05, 0.1) is 6.42 Å². The van der Waals surface area contributed by atoms with Crippen molar-refractivity contribution in [3.63, 3.8) is 0 Å². The third kappa shape index (κ3) is 4.48. The quantitative estimate of drug-likeness (QED) is 0.832. The molecule has 19 heavy (non-hydrogen) atoms. The number of aliphatic hydroxyl groups excluding tert-OH is 1. The summed E-state index contributed by atoms with van der Waals surface area (Å²) < 4.78 is 0.847. The first-order chi connectivity index (χ1) is 9.10. The third-order valence-electron chi connectivity index (χ3n) is 3.34. The van der Waals surface area contributed by atoms with E-state index in [9.17, 15) is 4.79 Å². The number of carbonyl (C=O) groups excluding carboxylic acids is 1. The molecule has 0 saturated heterocycles. The average Bonchev–Trinajstić information content (AvgIpc) is 3.16. The second-order valence-electron chi connectivity index (χ2n) is 4.94. The van der Waals surface area contributed by atoms with Crippen LogP contribution in [0.25, 0.3) is 0 Å². The van der Waals surface area contributed by atoms with Crippen molar-refractivity contribution in [3.05, 3.63) is 33.3 Å². The Kier molecular flexibility index (Phi) is 5.25. The highest BCUT2D eigenvalue weighted by Gasteiger charge is 2.31. The molecule has 0 aromatic heterocycles. The molecule has 0 radical (unpaired) electrons. The molecule has 1 aliphatic carbocycles. The predicted octanol–water partition coefficient (Wildman–Crippen LogP) is 2.92. The molecular weight excluding hydrogens is 330 g/mol. The number of hydrogen-bond acceptors (Lipinski definition) is 2. The zero-order valence-corrected chi connectivity index (χ0v) is 12.9. The van der Waals surface area contributed by atoms with Gasteiger partial charge in [-0.1, -0.05) is 33.6 Å². The fraction of sp³-hybridized carbons (Fsp3) is 0.500. The number of hydrogen-bond donors (Lipinski definition) is 2. The van der Waals surface area contributed by atoms with Crippen molar-refractivity contribution in [2.75, 3.05) is 6.61 Å². The van der Waals surface area contributed by atoms with Crippen LogP contribution in [0.3, 0.4) is 0 Å². The van der Waals surface area contributed by atoms with Gasteiger partial charge in [-0.25, -0.2) is 0 Å². The van der Waals surface area contributed by atoms with E-state index in [1.807, 2.05) is 6.07 Å². The average molecular weight is 347 g/mol. The van der Waals surface area contributed by atoms with Crippen LogP contribution in [-0.2, 0) is 11.2 Å². The van der Waals surface area contributed by atoms with Crippen LogP contribution in [0.1, 0.15) is 24.8 Å². The Morgan fingerprint density at radius 2 is 2.26 bits per heavy atom. The van der Waals surface area contributed by atoms with Gasteiger partial charge < -0.3 is 10.4 Å². The summed E-state index contributed by atoms with van der Waals surface area (Å²) in [6.45, 7) is 0.117. The molecule has 3 nitrogen and oxygen atoms in total. The van der Waals surface area contributed by atoms with Crippen molar-refractivity contribution in [1.29, 1.82) is 0 Å². The summed E-state index contributed by atoms with van der Waals surface area (Å²) >= 11 is 9.28. The predicted molar refractivity (Wildman–Crippen MR) is 79.2 cm³/mol. The number of nitrogens with one attached hydrogen (secondary N) is 1. The molecule has 1 fully saturated rings. The topological polar surface area (TPSA) is 49.3 Å². The Hall–Kier alpha value is -0.580. The molecule has 5 heteroatoms. The van der Waals surface area contributed by atoms with E-state index in [-0.39, 0.29) is 18.6 Å². The smallest absolute Gasteiger partial charge is 0.224 e. The molecule has 2 rings (SSSR count). The first kappa shape index (κ1) is 14.8. The van der Waals surface area contributed by atoms with Crippen molar-refractivity contribution in [1.82, 2.24) is 5.32 Å². The molecule has 1 aromatic rings. The van der Waals surface area contributed by atoms with E-state index >= 15 is 0 Å². The lowest BCUT2D eigenvalue weighted by molar-refractivity contribution is -0.121. The monoisotopic (exact) mass is 345 g/mol. The molecule has 0 aliphatic heterocycles. The number of halogens is 2. The van der Waals surface area contributed by atoms with Crippen LogP contribution < -0.4 is 5.32 Å². The summed E-state index contributed by atoms with van der Waals surface area (Å²) in [6.07, 6.45) is 3.26. The zero-order valence-electron chi connectivity index (χ0n) is 10.5. The van der Waals surface area contributed by atoms with Crippen LogP contribution in [0.15, 0.2) is 22.7 Å². The highest BCUT2D eigenvalue weighted by atomic mass is 79.9. The van der Waals surface area contributed by atoms with Crippen molar-refractivity contribution < 1.29 is 9.90 Å². The minimum Gasteiger partial charge on any atom is -0.396 e. The first-order valence-electron chi connectivity index (χ1n) is 6.44. The zero-order chi connectivity index (χ0) is 13.8. The van der Waals surface area contributed by atoms with Gasteiger partial charge in [-0.05, 0) is 42.9 Å². The van der Waals surface area contributed by atoms with Crippen LogP contribution in [0, 0.1) is 5.92 Å². The van der Waals surface area contributed by atoms with Crippen molar-refractivity contribution in [3.8, 4) is 0 Å². The Bertz CT molecular complexity index is 463. The van der Waals surface area contributed by atoms with Gasteiger partial charge in [0.1, 0.15) is 0 Å². The van der Waals surface area contributed by atoms with Gasteiger partial charge in [0.2, 0.25) is 5.91 Å². The molecule has 1 saturated carbocycles. The number of benzene rings is 1. The Morgan fingerprint density at radius 1 is 1.53 bits per heavy atom. The van der Waals surface area contributed by atoms with Crippen molar-refractivity contribution in [2.24, 2.45) is 5.92 Å². The summed E-state index contributed by atoms with van der Waals surface area (Å²) in [6, 6.07) is 5.53.